The van der Waals surface area contributed by atoms with Crippen LogP contribution in [0.5, 0.6) is 0 Å². The van der Waals surface area contributed by atoms with Gasteiger partial charge in [0.05, 0.1) is 13.2 Å². The smallest absolute Gasteiger partial charge is 0.208 e. The average Bonchev–Trinajstić information content (AvgIpc) is 2.05. The molecule has 56 valence electrons. The summed E-state index contributed by atoms with van der Waals surface area (Å²) in [5.74, 6) is 0. The fraction of sp³-hybridized carbons (Fsp3) is 1.00. The maximum absolute atomic E-state index is 5.56. The molecule has 2 heterocycles. The van der Waals surface area contributed by atoms with Crippen molar-refractivity contribution in [1.82, 2.24) is 0 Å². The van der Waals surface area contributed by atoms with Gasteiger partial charge >= 0.3 is 9.28 Å². The predicted molar refractivity (Wildman–Crippen MR) is 39.9 cm³/mol. The first-order chi connectivity index (χ1) is 4.97. The van der Waals surface area contributed by atoms with Crippen LogP contribution >= 0.6 is 0 Å². The molecule has 2 aliphatic rings. The molecule has 10 heavy (non-hydrogen) atoms. The minimum Gasteiger partial charge on any atom is -0.208 e. The van der Waals surface area contributed by atoms with Crippen LogP contribution in [0.1, 0.15) is 25.7 Å². The van der Waals surface area contributed by atoms with Gasteiger partial charge in [0, 0.05) is 0 Å². The number of hydrogen-bond acceptors (Lipinski definition) is 2. The van der Waals surface area contributed by atoms with Crippen LogP contribution in [-0.4, -0.2) is 22.5 Å². The molecule has 2 saturated heterocycles. The van der Waals surface area contributed by atoms with E-state index in [0.29, 0.717) is 0 Å². The minimum absolute atomic E-state index is 0.790. The fourth-order valence-electron chi connectivity index (χ4n) is 1.66. The normalized spacial score (nSPS) is 28.2. The van der Waals surface area contributed by atoms with Gasteiger partial charge in [-0.05, 0) is 25.7 Å². The first-order valence-corrected chi connectivity index (χ1v) is 5.48. The quantitative estimate of drug-likeness (QED) is 0.496. The van der Waals surface area contributed by atoms with Crippen molar-refractivity contribution < 1.29 is 8.85 Å². The molecule has 2 rings (SSSR count). The third-order valence-electron chi connectivity index (χ3n) is 2.22. The van der Waals surface area contributed by atoms with Crippen molar-refractivity contribution in [1.29, 1.82) is 0 Å². The first-order valence-electron chi connectivity index (χ1n) is 4.09. The molecule has 0 unspecified atom stereocenters. The molecule has 0 amide bonds. The second-order valence-electron chi connectivity index (χ2n) is 3.00. The molecule has 0 atom stereocenters. The van der Waals surface area contributed by atoms with Gasteiger partial charge in [-0.1, -0.05) is 0 Å². The van der Waals surface area contributed by atoms with Gasteiger partial charge in [-0.3, -0.25) is 0 Å². The highest BCUT2D eigenvalue weighted by Gasteiger charge is 2.48. The van der Waals surface area contributed by atoms with Crippen molar-refractivity contribution >= 4 is 9.28 Å². The Morgan fingerprint density at radius 1 is 1.00 bits per heavy atom. The summed E-state index contributed by atoms with van der Waals surface area (Å²) in [5.41, 5.74) is 0.812. The Balaban J connectivity index is 1.93. The predicted octanol–water partition coefficient (Wildman–Crippen LogP) is 1.47. The Morgan fingerprint density at radius 3 is 2.10 bits per heavy atom. The third-order valence-corrected chi connectivity index (χ3v) is 4.44. The van der Waals surface area contributed by atoms with E-state index in [1.807, 2.05) is 0 Å². The molecular weight excluding hydrogens is 144 g/mol. The van der Waals surface area contributed by atoms with E-state index in [-0.39, 0.29) is 0 Å². The molecule has 2 nitrogen and oxygen atoms in total. The lowest BCUT2D eigenvalue weighted by Crippen LogP contribution is -2.36. The van der Waals surface area contributed by atoms with Crippen molar-refractivity contribution in [2.45, 2.75) is 31.2 Å². The molecule has 3 heteroatoms. The molecule has 0 radical (unpaired) electrons. The molecule has 0 N–H and O–H groups in total. The molecule has 2 fully saturated rings. The van der Waals surface area contributed by atoms with E-state index in [0.717, 1.165) is 18.8 Å². The van der Waals surface area contributed by atoms with Crippen LogP contribution in [0.25, 0.3) is 0 Å². The third kappa shape index (κ3) is 1.26. The molecule has 0 aromatic carbocycles. The summed E-state index contributed by atoms with van der Waals surface area (Å²) in [5, 5.41) is 0. The molecule has 2 aliphatic heterocycles. The number of rotatable bonds is 0. The van der Waals surface area contributed by atoms with E-state index < -0.39 is 9.28 Å². The largest absolute Gasteiger partial charge is 0.647 e. The van der Waals surface area contributed by atoms with E-state index in [2.05, 4.69) is 0 Å². The Labute approximate surface area is 63.4 Å². The van der Waals surface area contributed by atoms with Gasteiger partial charge in [0.25, 0.3) is 0 Å². The van der Waals surface area contributed by atoms with Crippen LogP contribution in [0.2, 0.25) is 5.54 Å². The topological polar surface area (TPSA) is 18.5 Å². The monoisotopic (exact) mass is 157 g/mol. The number of fused-ring (bicyclic) bond motifs is 1. The maximum Gasteiger partial charge on any atom is 0.647 e. The molecule has 0 spiro atoms. The maximum atomic E-state index is 5.56. The van der Waals surface area contributed by atoms with Crippen molar-refractivity contribution in [3.8, 4) is 0 Å². The van der Waals surface area contributed by atoms with Crippen molar-refractivity contribution in [3.63, 3.8) is 0 Å². The minimum atomic E-state index is -0.790. The van der Waals surface area contributed by atoms with Crippen molar-refractivity contribution in [2.24, 2.45) is 0 Å². The van der Waals surface area contributed by atoms with E-state index in [1.54, 1.807) is 0 Å². The molecule has 0 aliphatic carbocycles. The van der Waals surface area contributed by atoms with Crippen LogP contribution < -0.4 is 0 Å². The lowest BCUT2D eigenvalue weighted by molar-refractivity contribution is 0.135. The highest BCUT2D eigenvalue weighted by Crippen LogP contribution is 2.31. The average molecular weight is 157 g/mol. The SMILES string of the molecule is C1CO[Si+]2OCCCC2C1. The van der Waals surface area contributed by atoms with Gasteiger partial charge in [0.15, 0.2) is 0 Å². The van der Waals surface area contributed by atoms with Gasteiger partial charge in [-0.25, -0.2) is 8.85 Å². The summed E-state index contributed by atoms with van der Waals surface area (Å²) in [7, 11) is -0.790. The van der Waals surface area contributed by atoms with Crippen LogP contribution in [0.4, 0.5) is 0 Å². The molecular formula is C7H13O2Si+. The zero-order valence-electron chi connectivity index (χ0n) is 6.14. The van der Waals surface area contributed by atoms with Gasteiger partial charge < -0.3 is 0 Å². The first kappa shape index (κ1) is 6.82. The number of hydrogen-bond donors (Lipinski definition) is 0. The van der Waals surface area contributed by atoms with Crippen LogP contribution in [0.3, 0.4) is 0 Å². The van der Waals surface area contributed by atoms with Crippen LogP contribution in [0, 0.1) is 0 Å². The van der Waals surface area contributed by atoms with Crippen LogP contribution in [-0.2, 0) is 8.85 Å². The van der Waals surface area contributed by atoms with Crippen molar-refractivity contribution in [2.75, 3.05) is 13.2 Å². The van der Waals surface area contributed by atoms with E-state index in [9.17, 15) is 0 Å². The Morgan fingerprint density at radius 2 is 1.60 bits per heavy atom. The molecule has 0 saturated carbocycles. The van der Waals surface area contributed by atoms with Gasteiger partial charge in [0.2, 0.25) is 0 Å². The summed E-state index contributed by atoms with van der Waals surface area (Å²) in [6, 6.07) is 0. The molecule has 0 aromatic rings. The lowest BCUT2D eigenvalue weighted by atomic mass is 10.1. The summed E-state index contributed by atoms with van der Waals surface area (Å²) in [6.45, 7) is 1.90. The summed E-state index contributed by atoms with van der Waals surface area (Å²) in [6.07, 6.45) is 5.22. The van der Waals surface area contributed by atoms with Gasteiger partial charge in [-0.15, -0.1) is 0 Å². The Bertz CT molecular complexity index is 92.2. The second kappa shape index (κ2) is 3.03. The standard InChI is InChI=1S/C7H13O2Si/c1-3-7-4-2-6-9-10(7)8-5-1/h7H,1-6H2/q+1. The lowest BCUT2D eigenvalue weighted by Gasteiger charge is -2.20. The molecule has 0 aromatic heterocycles. The van der Waals surface area contributed by atoms with Gasteiger partial charge in [-0.2, -0.15) is 0 Å². The van der Waals surface area contributed by atoms with Gasteiger partial charge in [0.1, 0.15) is 5.54 Å². The Kier molecular flexibility index (Phi) is 2.07. The van der Waals surface area contributed by atoms with Crippen LogP contribution in [0.15, 0.2) is 0 Å². The van der Waals surface area contributed by atoms with E-state index in [1.165, 1.54) is 25.7 Å². The van der Waals surface area contributed by atoms with E-state index in [4.69, 9.17) is 8.85 Å². The van der Waals surface area contributed by atoms with E-state index >= 15 is 0 Å². The highest BCUT2D eigenvalue weighted by molar-refractivity contribution is 6.46. The Hall–Kier alpha value is 0.137. The summed E-state index contributed by atoms with van der Waals surface area (Å²) >= 11 is 0. The second-order valence-corrected chi connectivity index (χ2v) is 5.03. The van der Waals surface area contributed by atoms with Crippen molar-refractivity contribution in [3.05, 3.63) is 0 Å². The summed E-state index contributed by atoms with van der Waals surface area (Å²) in [4.78, 5) is 0. The highest BCUT2D eigenvalue weighted by atomic mass is 28.3. The molecule has 0 bridgehead atoms. The fourth-order valence-corrected chi connectivity index (χ4v) is 3.79. The zero-order valence-corrected chi connectivity index (χ0v) is 7.14. The summed E-state index contributed by atoms with van der Waals surface area (Å²) < 4.78 is 11.1. The zero-order chi connectivity index (χ0) is 6.81.